The fourth-order valence-electron chi connectivity index (χ4n) is 3.33. The molecule has 1 aliphatic heterocycles. The van der Waals surface area contributed by atoms with E-state index in [1.54, 1.807) is 13.1 Å². The maximum absolute atomic E-state index is 14.2. The Morgan fingerprint density at radius 3 is 2.67 bits per heavy atom. The van der Waals surface area contributed by atoms with Gasteiger partial charge in [-0.15, -0.1) is 0 Å². The summed E-state index contributed by atoms with van der Waals surface area (Å²) in [6.45, 7) is 3.52. The van der Waals surface area contributed by atoms with E-state index < -0.39 is 5.82 Å². The summed E-state index contributed by atoms with van der Waals surface area (Å²) in [5.74, 6) is 2.06. The van der Waals surface area contributed by atoms with Crippen LogP contribution in [0, 0.1) is 24.6 Å². The van der Waals surface area contributed by atoms with Gasteiger partial charge >= 0.3 is 0 Å². The molecule has 0 aromatic carbocycles. The fraction of sp³-hybridized carbons (Fsp3) is 0.533. The van der Waals surface area contributed by atoms with Gasteiger partial charge in [-0.25, -0.2) is 9.37 Å². The lowest BCUT2D eigenvalue weighted by atomic mass is 10.2. The number of nitrogens with zero attached hydrogens (tertiary/aromatic N) is 4. The van der Waals surface area contributed by atoms with Crippen LogP contribution in [0.3, 0.4) is 0 Å². The molecule has 3 heterocycles. The molecule has 1 saturated carbocycles. The number of hydrogen-bond donors (Lipinski definition) is 0. The van der Waals surface area contributed by atoms with Gasteiger partial charge in [-0.05, 0) is 49.6 Å². The van der Waals surface area contributed by atoms with Crippen LogP contribution in [0.25, 0.3) is 10.9 Å². The van der Waals surface area contributed by atoms with Crippen molar-refractivity contribution >= 4 is 28.3 Å². The lowest BCUT2D eigenvalue weighted by Crippen LogP contribution is -2.26. The van der Waals surface area contributed by atoms with Crippen LogP contribution in [0.5, 0.6) is 0 Å². The van der Waals surface area contributed by atoms with Crippen molar-refractivity contribution in [2.75, 3.05) is 18.0 Å². The first kappa shape index (κ1) is 13.2. The van der Waals surface area contributed by atoms with E-state index in [0.29, 0.717) is 11.1 Å². The van der Waals surface area contributed by atoms with E-state index >= 15 is 0 Å². The zero-order valence-electron chi connectivity index (χ0n) is 11.8. The number of hydrogen-bond acceptors (Lipinski definition) is 4. The molecule has 1 saturated heterocycles. The van der Waals surface area contributed by atoms with E-state index in [1.807, 2.05) is 0 Å². The molecule has 2 fully saturated rings. The third kappa shape index (κ3) is 2.24. The van der Waals surface area contributed by atoms with Gasteiger partial charge in [-0.1, -0.05) is 0 Å². The highest BCUT2D eigenvalue weighted by Gasteiger charge is 2.39. The summed E-state index contributed by atoms with van der Waals surface area (Å²) < 4.78 is 14.2. The quantitative estimate of drug-likeness (QED) is 0.758. The van der Waals surface area contributed by atoms with Crippen LogP contribution in [0.15, 0.2) is 6.20 Å². The Kier molecular flexibility index (Phi) is 2.99. The van der Waals surface area contributed by atoms with Crippen molar-refractivity contribution in [2.45, 2.75) is 26.2 Å². The Hall–Kier alpha value is -1.49. The highest BCUT2D eigenvalue weighted by Crippen LogP contribution is 2.46. The predicted molar refractivity (Wildman–Crippen MR) is 80.1 cm³/mol. The van der Waals surface area contributed by atoms with Crippen LogP contribution < -0.4 is 4.90 Å². The minimum absolute atomic E-state index is 0.0939. The highest BCUT2D eigenvalue weighted by molar-refractivity contribution is 6.28. The summed E-state index contributed by atoms with van der Waals surface area (Å²) in [5.41, 5.74) is 0.604. The summed E-state index contributed by atoms with van der Waals surface area (Å²) in [5, 5.41) is 0.745. The van der Waals surface area contributed by atoms with Gasteiger partial charge in [0.05, 0.1) is 11.1 Å². The lowest BCUT2D eigenvalue weighted by Gasteiger charge is -2.23. The van der Waals surface area contributed by atoms with Crippen LogP contribution in [0.2, 0.25) is 5.28 Å². The molecule has 21 heavy (non-hydrogen) atoms. The first-order chi connectivity index (χ1) is 10.1. The average Bonchev–Trinajstić information content (AvgIpc) is 3.21. The molecule has 2 aromatic rings. The molecule has 4 rings (SSSR count). The monoisotopic (exact) mass is 306 g/mol. The minimum atomic E-state index is -0.407. The van der Waals surface area contributed by atoms with Crippen molar-refractivity contribution < 1.29 is 4.39 Å². The molecule has 4 nitrogen and oxygen atoms in total. The van der Waals surface area contributed by atoms with Crippen molar-refractivity contribution in [1.82, 2.24) is 15.0 Å². The SMILES string of the molecule is Cc1ncc2c(N3CCC4CC4CC3)nc(Cl)nc2c1F. The average molecular weight is 307 g/mol. The second kappa shape index (κ2) is 4.77. The molecule has 2 aliphatic rings. The molecule has 0 N–H and O–H groups in total. The summed E-state index contributed by atoms with van der Waals surface area (Å²) in [4.78, 5) is 14.7. The Balaban J connectivity index is 1.82. The van der Waals surface area contributed by atoms with E-state index in [0.717, 1.165) is 30.7 Å². The molecule has 0 bridgehead atoms. The first-order valence-electron chi connectivity index (χ1n) is 7.37. The van der Waals surface area contributed by atoms with Crippen LogP contribution >= 0.6 is 11.6 Å². The first-order valence-corrected chi connectivity index (χ1v) is 7.74. The highest BCUT2D eigenvalue weighted by atomic mass is 35.5. The standard InChI is InChI=1S/C15H16ClFN4/c1-8-12(17)13-11(7-18-8)14(20-15(16)19-13)21-4-2-9-6-10(9)3-5-21/h7,9-10H,2-6H2,1H3. The van der Waals surface area contributed by atoms with E-state index in [9.17, 15) is 4.39 Å². The van der Waals surface area contributed by atoms with E-state index in [4.69, 9.17) is 11.6 Å². The maximum Gasteiger partial charge on any atom is 0.225 e. The van der Waals surface area contributed by atoms with Gasteiger partial charge in [-0.3, -0.25) is 4.98 Å². The molecule has 110 valence electrons. The van der Waals surface area contributed by atoms with Gasteiger partial charge < -0.3 is 4.90 Å². The summed E-state index contributed by atoms with van der Waals surface area (Å²) in [7, 11) is 0. The van der Waals surface area contributed by atoms with Gasteiger partial charge in [0.15, 0.2) is 5.82 Å². The van der Waals surface area contributed by atoms with Crippen LogP contribution in [0.4, 0.5) is 10.2 Å². The second-order valence-electron chi connectivity index (χ2n) is 6.06. The number of aromatic nitrogens is 3. The van der Waals surface area contributed by atoms with Gasteiger partial charge in [-0.2, -0.15) is 4.98 Å². The Labute approximate surface area is 127 Å². The van der Waals surface area contributed by atoms with Crippen molar-refractivity contribution in [3.8, 4) is 0 Å². The molecule has 2 aromatic heterocycles. The van der Waals surface area contributed by atoms with Crippen LogP contribution in [0.1, 0.15) is 25.0 Å². The largest absolute Gasteiger partial charge is 0.356 e. The molecule has 0 amide bonds. The number of fused-ring (bicyclic) bond motifs is 2. The maximum atomic E-state index is 14.2. The molecule has 0 spiro atoms. The molecular formula is C15H16ClFN4. The normalized spacial score (nSPS) is 24.8. The van der Waals surface area contributed by atoms with Crippen molar-refractivity contribution in [2.24, 2.45) is 11.8 Å². The van der Waals surface area contributed by atoms with Crippen LogP contribution in [-0.2, 0) is 0 Å². The third-order valence-corrected chi connectivity index (χ3v) is 4.89. The lowest BCUT2D eigenvalue weighted by molar-refractivity contribution is 0.619. The zero-order chi connectivity index (χ0) is 14.6. The van der Waals surface area contributed by atoms with E-state index in [2.05, 4.69) is 19.9 Å². The summed E-state index contributed by atoms with van der Waals surface area (Å²) in [6.07, 6.45) is 5.38. The molecule has 0 radical (unpaired) electrons. The van der Waals surface area contributed by atoms with Gasteiger partial charge in [0.2, 0.25) is 5.28 Å². The number of rotatable bonds is 1. The van der Waals surface area contributed by atoms with Gasteiger partial charge in [0.1, 0.15) is 11.3 Å². The molecule has 1 aliphatic carbocycles. The molecule has 6 heteroatoms. The third-order valence-electron chi connectivity index (χ3n) is 4.72. The second-order valence-corrected chi connectivity index (χ2v) is 6.39. The summed E-state index contributed by atoms with van der Waals surface area (Å²) >= 11 is 6.01. The van der Waals surface area contributed by atoms with Gasteiger partial charge in [0, 0.05) is 19.3 Å². The number of halogens is 2. The van der Waals surface area contributed by atoms with Gasteiger partial charge in [0.25, 0.3) is 0 Å². The number of aryl methyl sites for hydroxylation is 1. The van der Waals surface area contributed by atoms with Crippen LogP contribution in [-0.4, -0.2) is 28.0 Å². The number of anilines is 1. The molecule has 2 unspecified atom stereocenters. The predicted octanol–water partition coefficient (Wildman–Crippen LogP) is 3.36. The van der Waals surface area contributed by atoms with E-state index in [-0.39, 0.29) is 10.8 Å². The smallest absolute Gasteiger partial charge is 0.225 e. The fourth-order valence-corrected chi connectivity index (χ4v) is 3.50. The topological polar surface area (TPSA) is 41.9 Å². The zero-order valence-corrected chi connectivity index (χ0v) is 12.6. The Morgan fingerprint density at radius 1 is 1.24 bits per heavy atom. The molecular weight excluding hydrogens is 291 g/mol. The minimum Gasteiger partial charge on any atom is -0.356 e. The van der Waals surface area contributed by atoms with Crippen molar-refractivity contribution in [1.29, 1.82) is 0 Å². The molecule has 2 atom stereocenters. The Morgan fingerprint density at radius 2 is 1.95 bits per heavy atom. The number of pyridine rings is 1. The van der Waals surface area contributed by atoms with Crippen molar-refractivity contribution in [3.05, 3.63) is 23.0 Å². The Bertz CT molecular complexity index is 708. The summed E-state index contributed by atoms with van der Waals surface area (Å²) in [6, 6.07) is 0. The van der Waals surface area contributed by atoms with Crippen molar-refractivity contribution in [3.63, 3.8) is 0 Å². The van der Waals surface area contributed by atoms with E-state index in [1.165, 1.54) is 19.3 Å².